The van der Waals surface area contributed by atoms with Crippen LogP contribution in [0.15, 0.2) is 103 Å². The molecule has 0 fully saturated rings. The highest BCUT2D eigenvalue weighted by atomic mass is 16.3. The maximum atomic E-state index is 10.4. The van der Waals surface area contributed by atoms with Gasteiger partial charge in [0.25, 0.3) is 0 Å². The molecule has 0 aliphatic carbocycles. The minimum absolute atomic E-state index is 0. The van der Waals surface area contributed by atoms with E-state index in [4.69, 9.17) is 5.11 Å². The number of aliphatic hydroxyl groups excluding tert-OH is 1. The second kappa shape index (κ2) is 9.72. The van der Waals surface area contributed by atoms with Gasteiger partial charge in [-0.15, -0.1) is 0 Å². The van der Waals surface area contributed by atoms with Crippen LogP contribution in [-0.4, -0.2) is 23.6 Å². The molecule has 148 valence electrons. The fraction of sp³-hybridized carbons (Fsp3) is 0.0385. The normalized spacial score (nSPS) is 10.2. The number of rotatable bonds is 2. The number of nitrogens with zero attached hydrogens (tertiary/aromatic N) is 1. The summed E-state index contributed by atoms with van der Waals surface area (Å²) in [5, 5.41) is 23.5. The molecule has 4 aromatic carbocycles. The van der Waals surface area contributed by atoms with Crippen molar-refractivity contribution in [3.63, 3.8) is 0 Å². The fourth-order valence-corrected chi connectivity index (χ4v) is 3.48. The molecule has 0 radical (unpaired) electrons. The Morgan fingerprint density at radius 3 is 1.93 bits per heavy atom. The number of benzene rings is 4. The van der Waals surface area contributed by atoms with E-state index < -0.39 is 0 Å². The van der Waals surface area contributed by atoms with E-state index >= 15 is 0 Å². The van der Waals surface area contributed by atoms with E-state index in [0.29, 0.717) is 11.4 Å². The maximum absolute atomic E-state index is 10.4. The third-order valence-electron chi connectivity index (χ3n) is 4.85. The maximum Gasteiger partial charge on any atom is 0.124 e. The molecule has 2 N–H and O–H groups in total. The average Bonchev–Trinajstić information content (AvgIpc) is 2.80. The summed E-state index contributed by atoms with van der Waals surface area (Å²) in [6.45, 7) is 0.0286. The van der Waals surface area contributed by atoms with Crippen molar-refractivity contribution < 1.29 is 10.2 Å². The van der Waals surface area contributed by atoms with Gasteiger partial charge in [-0.25, -0.2) is 0 Å². The largest absolute Gasteiger partial charge is 0.507 e. The summed E-state index contributed by atoms with van der Waals surface area (Å²) in [6, 6.07) is 31.8. The Balaban J connectivity index is 0.000000242. The molecule has 0 unspecified atom stereocenters. The molecule has 30 heavy (non-hydrogen) atoms. The summed E-state index contributed by atoms with van der Waals surface area (Å²) in [4.78, 5) is 3.85. The van der Waals surface area contributed by atoms with Gasteiger partial charge < -0.3 is 10.2 Å². The smallest absolute Gasteiger partial charge is 0.124 e. The van der Waals surface area contributed by atoms with Crippen molar-refractivity contribution >= 4 is 30.0 Å². The van der Waals surface area contributed by atoms with E-state index in [0.717, 1.165) is 27.3 Å². The Bertz CT molecular complexity index is 1250. The number of hydrogen-bond donors (Lipinski definition) is 2. The molecule has 0 saturated heterocycles. The van der Waals surface area contributed by atoms with Crippen molar-refractivity contribution in [1.82, 2.24) is 4.98 Å². The molecule has 0 atom stereocenters. The number of aromatic hydroxyl groups is 1. The topological polar surface area (TPSA) is 53.4 Å². The van der Waals surface area contributed by atoms with Crippen LogP contribution < -0.4 is 0 Å². The molecule has 0 saturated carbocycles. The van der Waals surface area contributed by atoms with Crippen LogP contribution in [0.2, 0.25) is 0 Å². The standard InChI is InChI=1S/C20H14O.C6H7NO.BH3/c21-19-13-12-15-7-2-4-10-17(15)20(19)18-11-5-8-14-6-1-3-9-16(14)18;8-5-6-3-1-2-4-7-6;/h1-13,21H;1-4,8H,5H2;1H3. The Labute approximate surface area is 177 Å². The van der Waals surface area contributed by atoms with Crippen molar-refractivity contribution in [2.45, 2.75) is 6.61 Å². The van der Waals surface area contributed by atoms with Crippen LogP contribution in [0.1, 0.15) is 5.69 Å². The molecule has 1 heterocycles. The number of aliphatic hydroxyl groups is 1. The molecule has 5 aromatic rings. The lowest BCUT2D eigenvalue weighted by Gasteiger charge is -2.12. The van der Waals surface area contributed by atoms with Crippen molar-refractivity contribution in [2.75, 3.05) is 0 Å². The average molecular weight is 393 g/mol. The second-order valence-corrected chi connectivity index (χ2v) is 6.69. The zero-order valence-corrected chi connectivity index (χ0v) is 15.9. The predicted molar refractivity (Wildman–Crippen MR) is 129 cm³/mol. The van der Waals surface area contributed by atoms with Gasteiger partial charge in [0.1, 0.15) is 5.75 Å². The van der Waals surface area contributed by atoms with Gasteiger partial charge >= 0.3 is 0 Å². The third-order valence-corrected chi connectivity index (χ3v) is 4.85. The van der Waals surface area contributed by atoms with Crippen LogP contribution in [-0.2, 0) is 6.61 Å². The number of aromatic nitrogens is 1. The highest BCUT2D eigenvalue weighted by Gasteiger charge is 2.11. The Morgan fingerprint density at radius 1 is 0.633 bits per heavy atom. The lowest BCUT2D eigenvalue weighted by molar-refractivity contribution is 0.277. The van der Waals surface area contributed by atoms with Crippen molar-refractivity contribution in [1.29, 1.82) is 0 Å². The Hall–Kier alpha value is -3.63. The minimum atomic E-state index is 0. The SMILES string of the molecule is B.OCc1ccccn1.Oc1ccc2ccccc2c1-c1cccc2ccccc12. The van der Waals surface area contributed by atoms with Crippen LogP contribution in [0.3, 0.4) is 0 Å². The van der Waals surface area contributed by atoms with E-state index in [2.05, 4.69) is 41.4 Å². The Morgan fingerprint density at radius 2 is 1.27 bits per heavy atom. The molecule has 1 aromatic heterocycles. The summed E-state index contributed by atoms with van der Waals surface area (Å²) >= 11 is 0. The molecule has 0 bridgehead atoms. The fourth-order valence-electron chi connectivity index (χ4n) is 3.48. The molecular weight excluding hydrogens is 369 g/mol. The lowest BCUT2D eigenvalue weighted by Crippen LogP contribution is -1.85. The number of hydrogen-bond acceptors (Lipinski definition) is 3. The second-order valence-electron chi connectivity index (χ2n) is 6.69. The highest BCUT2D eigenvalue weighted by molar-refractivity contribution is 6.07. The van der Waals surface area contributed by atoms with Gasteiger partial charge in [-0.1, -0.05) is 78.9 Å². The van der Waals surface area contributed by atoms with E-state index in [1.807, 2.05) is 48.5 Å². The molecule has 0 amide bonds. The van der Waals surface area contributed by atoms with Crippen LogP contribution in [0.4, 0.5) is 0 Å². The molecular formula is C26H24BNO2. The van der Waals surface area contributed by atoms with Gasteiger partial charge in [0, 0.05) is 11.8 Å². The van der Waals surface area contributed by atoms with E-state index in [1.165, 1.54) is 5.39 Å². The van der Waals surface area contributed by atoms with Crippen LogP contribution in [0, 0.1) is 0 Å². The van der Waals surface area contributed by atoms with Crippen molar-refractivity contribution in [2.24, 2.45) is 0 Å². The highest BCUT2D eigenvalue weighted by Crippen LogP contribution is 2.39. The first kappa shape index (κ1) is 21.1. The first-order valence-electron chi connectivity index (χ1n) is 9.47. The summed E-state index contributed by atoms with van der Waals surface area (Å²) in [7, 11) is 0. The molecule has 0 spiro atoms. The summed E-state index contributed by atoms with van der Waals surface area (Å²) in [5.41, 5.74) is 2.69. The van der Waals surface area contributed by atoms with Gasteiger partial charge in [-0.3, -0.25) is 4.98 Å². The first-order valence-corrected chi connectivity index (χ1v) is 9.47. The van der Waals surface area contributed by atoms with E-state index in [-0.39, 0.29) is 15.0 Å². The number of fused-ring (bicyclic) bond motifs is 2. The zero-order valence-electron chi connectivity index (χ0n) is 15.9. The summed E-state index contributed by atoms with van der Waals surface area (Å²) in [6.07, 6.45) is 1.66. The predicted octanol–water partition coefficient (Wildman–Crippen LogP) is 4.76. The van der Waals surface area contributed by atoms with Crippen molar-refractivity contribution in [3.05, 3.63) is 109 Å². The quantitative estimate of drug-likeness (QED) is 0.426. The van der Waals surface area contributed by atoms with Crippen LogP contribution in [0.25, 0.3) is 32.7 Å². The number of pyridine rings is 1. The summed E-state index contributed by atoms with van der Waals surface area (Å²) in [5.74, 6) is 0.324. The minimum Gasteiger partial charge on any atom is -0.507 e. The summed E-state index contributed by atoms with van der Waals surface area (Å²) < 4.78 is 0. The van der Waals surface area contributed by atoms with Gasteiger partial charge in [0.05, 0.1) is 20.7 Å². The molecule has 3 nitrogen and oxygen atoms in total. The van der Waals surface area contributed by atoms with Crippen molar-refractivity contribution in [3.8, 4) is 16.9 Å². The van der Waals surface area contributed by atoms with Crippen LogP contribution >= 0.6 is 0 Å². The molecule has 4 heteroatoms. The lowest BCUT2D eigenvalue weighted by atomic mass is 9.93. The first-order chi connectivity index (χ1) is 14.3. The van der Waals surface area contributed by atoms with E-state index in [9.17, 15) is 5.11 Å². The number of phenolic OH excluding ortho intramolecular Hbond substituents is 1. The van der Waals surface area contributed by atoms with Gasteiger partial charge in [0.15, 0.2) is 0 Å². The van der Waals surface area contributed by atoms with Crippen LogP contribution in [0.5, 0.6) is 5.75 Å². The molecule has 0 aliphatic heterocycles. The van der Waals surface area contributed by atoms with Gasteiger partial charge in [-0.2, -0.15) is 0 Å². The zero-order chi connectivity index (χ0) is 20.1. The molecule has 0 aliphatic rings. The monoisotopic (exact) mass is 393 g/mol. The molecule has 5 rings (SSSR count). The number of phenols is 1. The Kier molecular flexibility index (Phi) is 6.84. The van der Waals surface area contributed by atoms with Gasteiger partial charge in [0.2, 0.25) is 0 Å². The van der Waals surface area contributed by atoms with E-state index in [1.54, 1.807) is 18.3 Å². The third kappa shape index (κ3) is 4.34. The van der Waals surface area contributed by atoms with Gasteiger partial charge in [-0.05, 0) is 45.3 Å².